The Hall–Kier alpha value is -3.89. The van der Waals surface area contributed by atoms with Crippen LogP contribution in [-0.4, -0.2) is 57.4 Å². The molecule has 4 atom stereocenters. The summed E-state index contributed by atoms with van der Waals surface area (Å²) in [5.41, 5.74) is 0.416. The number of nitrogens with zero attached hydrogens (tertiary/aromatic N) is 2. The number of methoxy groups -OCH3 is 1. The number of carboxylic acid groups (broad SMARTS) is 1. The van der Waals surface area contributed by atoms with Crippen molar-refractivity contribution in [3.63, 3.8) is 0 Å². The van der Waals surface area contributed by atoms with Gasteiger partial charge in [0.05, 0.1) is 31.2 Å². The van der Waals surface area contributed by atoms with E-state index in [0.717, 1.165) is 10.5 Å². The van der Waals surface area contributed by atoms with Crippen LogP contribution >= 0.6 is 11.8 Å². The van der Waals surface area contributed by atoms with Crippen LogP contribution in [0.4, 0.5) is 0 Å². The highest BCUT2D eigenvalue weighted by molar-refractivity contribution is 7.98. The zero-order valence-electron chi connectivity index (χ0n) is 22.3. The third-order valence-electron chi connectivity index (χ3n) is 7.66. The van der Waals surface area contributed by atoms with Crippen molar-refractivity contribution >= 4 is 29.5 Å². The number of likely N-dealkylation sites (tertiary alicyclic amines) is 1. The van der Waals surface area contributed by atoms with Crippen LogP contribution in [0.2, 0.25) is 0 Å². The first kappa shape index (κ1) is 27.7. The Morgan fingerprint density at radius 2 is 1.85 bits per heavy atom. The van der Waals surface area contributed by atoms with E-state index in [-0.39, 0.29) is 19.6 Å². The number of amides is 2. The highest BCUT2D eigenvalue weighted by Crippen LogP contribution is 2.53. The van der Waals surface area contributed by atoms with E-state index in [1.165, 1.54) is 18.9 Å². The van der Waals surface area contributed by atoms with Crippen LogP contribution in [0.25, 0.3) is 0 Å². The Morgan fingerprint density at radius 1 is 1.07 bits per heavy atom. The maximum Gasteiger partial charge on any atom is 0.324 e. The van der Waals surface area contributed by atoms with Crippen molar-refractivity contribution in [2.24, 2.45) is 11.8 Å². The van der Waals surface area contributed by atoms with E-state index < -0.39 is 41.2 Å². The number of para-hydroxylation sites is 1. The molecule has 2 fully saturated rings. The minimum Gasteiger partial charge on any atom is -0.493 e. The van der Waals surface area contributed by atoms with Gasteiger partial charge in [-0.05, 0) is 42.2 Å². The average molecular weight is 562 g/mol. The van der Waals surface area contributed by atoms with E-state index >= 15 is 0 Å². The van der Waals surface area contributed by atoms with Crippen molar-refractivity contribution in [2.45, 2.75) is 31.2 Å². The predicted octanol–water partition coefficient (Wildman–Crippen LogP) is 3.69. The van der Waals surface area contributed by atoms with Gasteiger partial charge in [0, 0.05) is 17.8 Å². The standard InChI is InChI=1S/C30H31N3O6S/c1-38-22-13-8-12-21(26(22)39-18-19-9-4-3-5-10-19)25-23-24(30(32-25,29(36)37)14-16-40-2)28(35)33(27(23)34)17-20-11-6-7-15-31-20/h3-13,15,23-25,32H,14,16-18H2,1-2H3,(H,36,37). The smallest absolute Gasteiger partial charge is 0.324 e. The van der Waals surface area contributed by atoms with E-state index in [4.69, 9.17) is 9.47 Å². The van der Waals surface area contributed by atoms with Gasteiger partial charge in [-0.3, -0.25) is 29.6 Å². The van der Waals surface area contributed by atoms with Gasteiger partial charge in [-0.15, -0.1) is 0 Å². The Morgan fingerprint density at radius 3 is 2.52 bits per heavy atom. The SMILES string of the molecule is COc1cccc(C2NC(CCSC)(C(=O)O)C3C(=O)N(Cc4ccccn4)C(=O)C23)c1OCc1ccccc1. The third-order valence-corrected chi connectivity index (χ3v) is 8.28. The molecule has 2 aliphatic heterocycles. The molecule has 0 spiro atoms. The number of rotatable bonds is 11. The van der Waals surface area contributed by atoms with E-state index in [0.29, 0.717) is 28.5 Å². The molecule has 1 aromatic heterocycles. The first-order valence-corrected chi connectivity index (χ1v) is 14.4. The molecule has 2 aliphatic rings. The van der Waals surface area contributed by atoms with Gasteiger partial charge in [0.1, 0.15) is 12.1 Å². The molecule has 9 nitrogen and oxygen atoms in total. The first-order valence-electron chi connectivity index (χ1n) is 13.0. The minimum atomic E-state index is -1.64. The molecule has 0 radical (unpaired) electrons. The molecule has 2 amide bonds. The maximum absolute atomic E-state index is 14.0. The maximum atomic E-state index is 14.0. The lowest BCUT2D eigenvalue weighted by atomic mass is 9.78. The molecule has 2 aromatic carbocycles. The van der Waals surface area contributed by atoms with Crippen LogP contribution in [0, 0.1) is 11.8 Å². The molecule has 3 aromatic rings. The van der Waals surface area contributed by atoms with Gasteiger partial charge in [0.15, 0.2) is 11.5 Å². The number of pyridine rings is 1. The fourth-order valence-corrected chi connectivity index (χ4v) is 6.28. The first-order chi connectivity index (χ1) is 19.4. The number of aromatic nitrogens is 1. The van der Waals surface area contributed by atoms with Gasteiger partial charge < -0.3 is 14.6 Å². The van der Waals surface area contributed by atoms with Crippen molar-refractivity contribution < 1.29 is 29.0 Å². The average Bonchev–Trinajstić information content (AvgIpc) is 3.45. The number of hydrogen-bond acceptors (Lipinski definition) is 8. The third kappa shape index (κ3) is 4.93. The van der Waals surface area contributed by atoms with E-state index in [1.54, 1.807) is 42.6 Å². The molecule has 2 N–H and O–H groups in total. The second-order valence-corrected chi connectivity index (χ2v) is 10.9. The van der Waals surface area contributed by atoms with Gasteiger partial charge in [-0.1, -0.05) is 48.5 Å². The lowest BCUT2D eigenvalue weighted by molar-refractivity contribution is -0.151. The quantitative estimate of drug-likeness (QED) is 0.338. The second-order valence-electron chi connectivity index (χ2n) is 9.88. The molecule has 208 valence electrons. The summed E-state index contributed by atoms with van der Waals surface area (Å²) in [6, 6.07) is 19.4. The monoisotopic (exact) mass is 561 g/mol. The number of carbonyl (C=O) groups is 3. The number of thioether (sulfide) groups is 1. The van der Waals surface area contributed by atoms with E-state index in [9.17, 15) is 19.5 Å². The molecule has 0 bridgehead atoms. The summed E-state index contributed by atoms with van der Waals surface area (Å²) < 4.78 is 11.9. The molecular formula is C30H31N3O6S. The molecule has 10 heteroatoms. The highest BCUT2D eigenvalue weighted by Gasteiger charge is 2.68. The summed E-state index contributed by atoms with van der Waals surface area (Å²) in [4.78, 5) is 46.3. The van der Waals surface area contributed by atoms with Crippen molar-refractivity contribution in [1.29, 1.82) is 0 Å². The van der Waals surface area contributed by atoms with Crippen LogP contribution in [0.15, 0.2) is 72.9 Å². The lowest BCUT2D eigenvalue weighted by Crippen LogP contribution is -2.56. The summed E-state index contributed by atoms with van der Waals surface area (Å²) in [6.45, 7) is 0.218. The van der Waals surface area contributed by atoms with Crippen molar-refractivity contribution in [3.8, 4) is 11.5 Å². The number of carbonyl (C=O) groups excluding carboxylic acids is 2. The lowest BCUT2D eigenvalue weighted by Gasteiger charge is -2.31. The molecule has 3 heterocycles. The summed E-state index contributed by atoms with van der Waals surface area (Å²) in [5.74, 6) is -2.78. The highest BCUT2D eigenvalue weighted by atomic mass is 32.2. The van der Waals surface area contributed by atoms with Gasteiger partial charge in [-0.2, -0.15) is 11.8 Å². The number of benzene rings is 2. The Labute approximate surface area is 236 Å². The molecule has 0 aliphatic carbocycles. The van der Waals surface area contributed by atoms with Crippen molar-refractivity contribution in [1.82, 2.24) is 15.2 Å². The number of fused-ring (bicyclic) bond motifs is 1. The summed E-state index contributed by atoms with van der Waals surface area (Å²) >= 11 is 1.49. The molecule has 2 saturated heterocycles. The number of aliphatic carboxylic acids is 1. The molecular weight excluding hydrogens is 530 g/mol. The van der Waals surface area contributed by atoms with Crippen molar-refractivity contribution in [2.75, 3.05) is 19.1 Å². The molecule has 0 saturated carbocycles. The van der Waals surface area contributed by atoms with Gasteiger partial charge in [0.25, 0.3) is 0 Å². The van der Waals surface area contributed by atoms with E-state index in [2.05, 4.69) is 10.3 Å². The number of nitrogens with one attached hydrogen (secondary N) is 1. The van der Waals surface area contributed by atoms with Gasteiger partial charge >= 0.3 is 5.97 Å². The molecule has 4 unspecified atom stereocenters. The van der Waals surface area contributed by atoms with Crippen LogP contribution in [0.1, 0.15) is 29.3 Å². The summed E-state index contributed by atoms with van der Waals surface area (Å²) in [7, 11) is 1.53. The van der Waals surface area contributed by atoms with Crippen LogP contribution in [0.3, 0.4) is 0 Å². The number of carboxylic acids is 1. The van der Waals surface area contributed by atoms with Crippen molar-refractivity contribution in [3.05, 3.63) is 89.7 Å². The Balaban J connectivity index is 1.58. The summed E-state index contributed by atoms with van der Waals surface area (Å²) in [5, 5.41) is 13.8. The fourth-order valence-electron chi connectivity index (χ4n) is 5.76. The van der Waals surface area contributed by atoms with Crippen LogP contribution in [0.5, 0.6) is 11.5 Å². The Kier molecular flexibility index (Phi) is 8.09. The predicted molar refractivity (Wildman–Crippen MR) is 150 cm³/mol. The van der Waals surface area contributed by atoms with Gasteiger partial charge in [0.2, 0.25) is 11.8 Å². The summed E-state index contributed by atoms with van der Waals surface area (Å²) in [6.07, 6.45) is 3.64. The van der Waals surface area contributed by atoms with Gasteiger partial charge in [-0.25, -0.2) is 0 Å². The van der Waals surface area contributed by atoms with Crippen LogP contribution in [-0.2, 0) is 27.5 Å². The second kappa shape index (κ2) is 11.7. The normalized spacial score (nSPS) is 23.8. The largest absolute Gasteiger partial charge is 0.493 e. The molecule has 40 heavy (non-hydrogen) atoms. The zero-order chi connectivity index (χ0) is 28.3. The fraction of sp³-hybridized carbons (Fsp3) is 0.333. The minimum absolute atomic E-state index is 0.0219. The number of imide groups is 1. The number of ether oxygens (including phenoxy) is 2. The van der Waals surface area contributed by atoms with E-state index in [1.807, 2.05) is 36.6 Å². The van der Waals surface area contributed by atoms with Crippen LogP contribution < -0.4 is 14.8 Å². The zero-order valence-corrected chi connectivity index (χ0v) is 23.1. The topological polar surface area (TPSA) is 118 Å². The molecule has 5 rings (SSSR count). The Bertz CT molecular complexity index is 1390. The number of hydrogen-bond donors (Lipinski definition) is 2.